The van der Waals surface area contributed by atoms with Gasteiger partial charge in [-0.3, -0.25) is 9.69 Å². The quantitative estimate of drug-likeness (QED) is 0.668. The molecule has 0 bridgehead atoms. The molecule has 1 aromatic carbocycles. The van der Waals surface area contributed by atoms with Gasteiger partial charge in [-0.1, -0.05) is 6.07 Å². The third kappa shape index (κ3) is 3.62. The molecule has 2 aliphatic rings. The zero-order valence-electron chi connectivity index (χ0n) is 14.4. The highest BCUT2D eigenvalue weighted by atomic mass is 127. The second-order valence-electron chi connectivity index (χ2n) is 7.03. The number of amides is 1. The van der Waals surface area contributed by atoms with Gasteiger partial charge in [-0.15, -0.1) is 0 Å². The fourth-order valence-corrected chi connectivity index (χ4v) is 4.64. The van der Waals surface area contributed by atoms with Crippen molar-refractivity contribution in [2.45, 2.75) is 31.7 Å². The standard InChI is InChI=1S/C20H24IN3O/c21-16-6-3-7-17(14-16)24-13-5-9-19(24)20(25)23-12-4-8-18(15-23)22-10-1-2-11-22/h3,5-7,9,13-14,18H,1-2,4,8,10-12,15H2. The van der Waals surface area contributed by atoms with Gasteiger partial charge in [0.05, 0.1) is 0 Å². The van der Waals surface area contributed by atoms with Crippen molar-refractivity contribution in [3.05, 3.63) is 51.9 Å². The summed E-state index contributed by atoms with van der Waals surface area (Å²) in [5.41, 5.74) is 1.82. The summed E-state index contributed by atoms with van der Waals surface area (Å²) in [5.74, 6) is 0.160. The second kappa shape index (κ2) is 7.50. The Morgan fingerprint density at radius 2 is 1.88 bits per heavy atom. The van der Waals surface area contributed by atoms with Crippen molar-refractivity contribution in [3.8, 4) is 5.69 Å². The zero-order valence-corrected chi connectivity index (χ0v) is 16.6. The van der Waals surface area contributed by atoms with Crippen molar-refractivity contribution >= 4 is 28.5 Å². The van der Waals surface area contributed by atoms with Crippen molar-refractivity contribution in [3.63, 3.8) is 0 Å². The molecule has 1 unspecified atom stereocenters. The van der Waals surface area contributed by atoms with Crippen LogP contribution in [-0.2, 0) is 0 Å². The van der Waals surface area contributed by atoms with E-state index in [4.69, 9.17) is 0 Å². The Labute approximate surface area is 162 Å². The van der Waals surface area contributed by atoms with Crippen LogP contribution in [0.3, 0.4) is 0 Å². The number of nitrogens with zero attached hydrogens (tertiary/aromatic N) is 3. The first-order valence-corrected chi connectivity index (χ1v) is 10.3. The van der Waals surface area contributed by atoms with E-state index in [0.717, 1.165) is 30.9 Å². The summed E-state index contributed by atoms with van der Waals surface area (Å²) in [6.07, 6.45) is 6.93. The highest BCUT2D eigenvalue weighted by molar-refractivity contribution is 14.1. The first-order chi connectivity index (χ1) is 12.2. The highest BCUT2D eigenvalue weighted by Crippen LogP contribution is 2.23. The number of halogens is 1. The van der Waals surface area contributed by atoms with E-state index in [1.807, 2.05) is 29.0 Å². The van der Waals surface area contributed by atoms with E-state index in [0.29, 0.717) is 6.04 Å². The van der Waals surface area contributed by atoms with Gasteiger partial charge in [0, 0.05) is 34.6 Å². The molecule has 1 amide bonds. The minimum absolute atomic E-state index is 0.160. The lowest BCUT2D eigenvalue weighted by Crippen LogP contribution is -2.49. The van der Waals surface area contributed by atoms with Gasteiger partial charge >= 0.3 is 0 Å². The first-order valence-electron chi connectivity index (χ1n) is 9.19. The minimum atomic E-state index is 0.160. The van der Waals surface area contributed by atoms with Gasteiger partial charge in [-0.2, -0.15) is 0 Å². The van der Waals surface area contributed by atoms with Gasteiger partial charge in [0.15, 0.2) is 0 Å². The summed E-state index contributed by atoms with van der Waals surface area (Å²) in [7, 11) is 0. The molecule has 1 atom stereocenters. The van der Waals surface area contributed by atoms with E-state index < -0.39 is 0 Å². The van der Waals surface area contributed by atoms with Gasteiger partial charge in [0.2, 0.25) is 0 Å². The Morgan fingerprint density at radius 1 is 1.04 bits per heavy atom. The second-order valence-corrected chi connectivity index (χ2v) is 8.28. The molecule has 0 aliphatic carbocycles. The Kier molecular flexibility index (Phi) is 5.12. The van der Waals surface area contributed by atoms with E-state index in [-0.39, 0.29) is 5.91 Å². The van der Waals surface area contributed by atoms with Gasteiger partial charge in [-0.25, -0.2) is 0 Å². The van der Waals surface area contributed by atoms with E-state index in [1.165, 1.54) is 35.9 Å². The molecule has 2 aliphatic heterocycles. The fourth-order valence-electron chi connectivity index (χ4n) is 4.11. The van der Waals surface area contributed by atoms with Crippen LogP contribution in [0.5, 0.6) is 0 Å². The number of aromatic nitrogens is 1. The Morgan fingerprint density at radius 3 is 2.68 bits per heavy atom. The van der Waals surface area contributed by atoms with Gasteiger partial charge in [0.1, 0.15) is 5.69 Å². The summed E-state index contributed by atoms with van der Waals surface area (Å²) in [4.78, 5) is 17.8. The minimum Gasteiger partial charge on any atom is -0.336 e. The van der Waals surface area contributed by atoms with Gasteiger partial charge < -0.3 is 9.47 Å². The summed E-state index contributed by atoms with van der Waals surface area (Å²) in [5, 5.41) is 0. The monoisotopic (exact) mass is 449 g/mol. The predicted octanol–water partition coefficient (Wildman–Crippen LogP) is 3.78. The maximum atomic E-state index is 13.2. The van der Waals surface area contributed by atoms with Crippen LogP contribution in [0.4, 0.5) is 0 Å². The van der Waals surface area contributed by atoms with Crippen LogP contribution >= 0.6 is 22.6 Å². The number of piperidine rings is 1. The Balaban J connectivity index is 1.54. The first kappa shape index (κ1) is 17.1. The van der Waals surface area contributed by atoms with Crippen molar-refractivity contribution in [2.75, 3.05) is 26.2 Å². The maximum absolute atomic E-state index is 13.2. The van der Waals surface area contributed by atoms with Crippen LogP contribution in [0.15, 0.2) is 42.6 Å². The van der Waals surface area contributed by atoms with Crippen LogP contribution in [0.1, 0.15) is 36.2 Å². The summed E-state index contributed by atoms with van der Waals surface area (Å²) in [6, 6.07) is 12.7. The molecule has 0 radical (unpaired) electrons. The molecule has 2 fully saturated rings. The molecule has 132 valence electrons. The molecule has 5 heteroatoms. The lowest BCUT2D eigenvalue weighted by atomic mass is 10.0. The molecule has 0 saturated carbocycles. The van der Waals surface area contributed by atoms with Gasteiger partial charge in [0.25, 0.3) is 5.91 Å². The van der Waals surface area contributed by atoms with Crippen LogP contribution < -0.4 is 0 Å². The van der Waals surface area contributed by atoms with Crippen LogP contribution in [0.25, 0.3) is 5.69 Å². The topological polar surface area (TPSA) is 28.5 Å². The summed E-state index contributed by atoms with van der Waals surface area (Å²) < 4.78 is 3.19. The molecular formula is C20H24IN3O. The molecule has 0 spiro atoms. The zero-order chi connectivity index (χ0) is 17.2. The number of likely N-dealkylation sites (tertiary alicyclic amines) is 2. The van der Waals surface area contributed by atoms with Crippen LogP contribution in [0.2, 0.25) is 0 Å². The Bertz CT molecular complexity index is 751. The third-order valence-corrected chi connectivity index (χ3v) is 6.07. The maximum Gasteiger partial charge on any atom is 0.270 e. The average molecular weight is 449 g/mol. The van der Waals surface area contributed by atoms with Crippen LogP contribution in [-0.4, -0.2) is 52.5 Å². The normalized spacial score (nSPS) is 21.6. The molecule has 0 N–H and O–H groups in total. The van der Waals surface area contributed by atoms with Crippen molar-refractivity contribution in [2.24, 2.45) is 0 Å². The molecule has 3 heterocycles. The Hall–Kier alpha value is -1.34. The number of benzene rings is 1. The molecule has 2 aromatic rings. The molecule has 2 saturated heterocycles. The van der Waals surface area contributed by atoms with Gasteiger partial charge in [-0.05, 0) is 91.7 Å². The number of rotatable bonds is 3. The summed E-state index contributed by atoms with van der Waals surface area (Å²) >= 11 is 2.31. The molecule has 4 nitrogen and oxygen atoms in total. The van der Waals surface area contributed by atoms with Crippen LogP contribution in [0, 0.1) is 3.57 Å². The molecule has 25 heavy (non-hydrogen) atoms. The average Bonchev–Trinajstić information content (AvgIpc) is 3.33. The number of carbonyl (C=O) groups excluding carboxylic acids is 1. The van der Waals surface area contributed by atoms with E-state index in [1.54, 1.807) is 0 Å². The van der Waals surface area contributed by atoms with E-state index >= 15 is 0 Å². The van der Waals surface area contributed by atoms with Crippen molar-refractivity contribution in [1.29, 1.82) is 0 Å². The van der Waals surface area contributed by atoms with Crippen molar-refractivity contribution in [1.82, 2.24) is 14.4 Å². The van der Waals surface area contributed by atoms with Crippen molar-refractivity contribution < 1.29 is 4.79 Å². The molecule has 1 aromatic heterocycles. The predicted molar refractivity (Wildman–Crippen MR) is 108 cm³/mol. The molecular weight excluding hydrogens is 425 g/mol. The van der Waals surface area contributed by atoms with E-state index in [9.17, 15) is 4.79 Å². The number of carbonyl (C=O) groups is 1. The lowest BCUT2D eigenvalue weighted by Gasteiger charge is -2.37. The lowest BCUT2D eigenvalue weighted by molar-refractivity contribution is 0.0600. The largest absolute Gasteiger partial charge is 0.336 e. The smallest absolute Gasteiger partial charge is 0.270 e. The number of hydrogen-bond donors (Lipinski definition) is 0. The third-order valence-electron chi connectivity index (χ3n) is 5.40. The SMILES string of the molecule is O=C(c1cccn1-c1cccc(I)c1)N1CCCC(N2CCCC2)C1. The highest BCUT2D eigenvalue weighted by Gasteiger charge is 2.30. The molecule has 4 rings (SSSR count). The van der Waals surface area contributed by atoms with E-state index in [2.05, 4.69) is 50.6 Å². The summed E-state index contributed by atoms with van der Waals surface area (Å²) in [6.45, 7) is 4.15. The fraction of sp³-hybridized carbons (Fsp3) is 0.450. The number of hydrogen-bond acceptors (Lipinski definition) is 2.